The summed E-state index contributed by atoms with van der Waals surface area (Å²) in [6.45, 7) is 6.42. The second-order valence-electron chi connectivity index (χ2n) is 5.84. The van der Waals surface area contributed by atoms with Crippen LogP contribution in [0, 0.1) is 17.2 Å². The van der Waals surface area contributed by atoms with Crippen molar-refractivity contribution in [3.63, 3.8) is 0 Å². The normalized spacial score (nSPS) is 22.1. The molecule has 114 valence electrons. The molecule has 0 amide bonds. The summed E-state index contributed by atoms with van der Waals surface area (Å²) in [7, 11) is 0. The first-order valence-electron chi connectivity index (χ1n) is 8.29. The summed E-state index contributed by atoms with van der Waals surface area (Å²) in [5.41, 5.74) is 2.40. The maximum absolute atomic E-state index is 9.35. The first-order valence-corrected chi connectivity index (χ1v) is 8.29. The molecule has 21 heavy (non-hydrogen) atoms. The fourth-order valence-electron chi connectivity index (χ4n) is 3.21. The van der Waals surface area contributed by atoms with Gasteiger partial charge in [0, 0.05) is 30.5 Å². The molecular formula is C18H27N3. The molecule has 0 aliphatic heterocycles. The van der Waals surface area contributed by atoms with Gasteiger partial charge in [-0.15, -0.1) is 0 Å². The molecule has 0 spiro atoms. The molecular weight excluding hydrogens is 258 g/mol. The van der Waals surface area contributed by atoms with E-state index in [0.29, 0.717) is 6.04 Å². The zero-order chi connectivity index (χ0) is 15.1. The van der Waals surface area contributed by atoms with E-state index in [9.17, 15) is 5.26 Å². The predicted octanol–water partition coefficient (Wildman–Crippen LogP) is 4.42. The van der Waals surface area contributed by atoms with Crippen molar-refractivity contribution in [3.8, 4) is 6.07 Å². The van der Waals surface area contributed by atoms with E-state index in [2.05, 4.69) is 54.4 Å². The van der Waals surface area contributed by atoms with E-state index < -0.39 is 0 Å². The van der Waals surface area contributed by atoms with Gasteiger partial charge in [0.2, 0.25) is 0 Å². The Morgan fingerprint density at radius 3 is 2.38 bits per heavy atom. The smallest absolute Gasteiger partial charge is 0.0677 e. The Balaban J connectivity index is 2.03. The van der Waals surface area contributed by atoms with Gasteiger partial charge in [-0.05, 0) is 51.0 Å². The average Bonchev–Trinajstić information content (AvgIpc) is 2.75. The largest absolute Gasteiger partial charge is 0.381 e. The number of rotatable bonds is 5. The van der Waals surface area contributed by atoms with Crippen molar-refractivity contribution in [1.29, 1.82) is 5.26 Å². The van der Waals surface area contributed by atoms with Crippen LogP contribution in [-0.4, -0.2) is 19.1 Å². The van der Waals surface area contributed by atoms with Gasteiger partial charge in [-0.25, -0.2) is 0 Å². The zero-order valence-electron chi connectivity index (χ0n) is 13.3. The van der Waals surface area contributed by atoms with Gasteiger partial charge in [-0.3, -0.25) is 0 Å². The molecule has 1 aromatic carbocycles. The van der Waals surface area contributed by atoms with Gasteiger partial charge in [-0.1, -0.05) is 19.3 Å². The van der Waals surface area contributed by atoms with Crippen molar-refractivity contribution in [2.24, 2.45) is 5.92 Å². The Morgan fingerprint density at radius 1 is 1.10 bits per heavy atom. The van der Waals surface area contributed by atoms with E-state index in [1.165, 1.54) is 24.9 Å². The summed E-state index contributed by atoms with van der Waals surface area (Å²) < 4.78 is 0. The van der Waals surface area contributed by atoms with Crippen LogP contribution in [-0.2, 0) is 0 Å². The van der Waals surface area contributed by atoms with Crippen molar-refractivity contribution in [1.82, 2.24) is 0 Å². The molecule has 1 saturated carbocycles. The van der Waals surface area contributed by atoms with E-state index in [-0.39, 0.29) is 5.92 Å². The molecule has 1 aliphatic carbocycles. The minimum Gasteiger partial charge on any atom is -0.381 e. The third-order valence-corrected chi connectivity index (χ3v) is 4.53. The third kappa shape index (κ3) is 4.14. The quantitative estimate of drug-likeness (QED) is 0.814. The van der Waals surface area contributed by atoms with Gasteiger partial charge in [0.15, 0.2) is 0 Å². The molecule has 0 heterocycles. The maximum Gasteiger partial charge on any atom is 0.0677 e. The minimum absolute atomic E-state index is 0.148. The molecule has 3 nitrogen and oxygen atoms in total. The third-order valence-electron chi connectivity index (χ3n) is 4.53. The molecule has 0 bridgehead atoms. The molecule has 1 fully saturated rings. The highest BCUT2D eigenvalue weighted by molar-refractivity contribution is 5.55. The van der Waals surface area contributed by atoms with Crippen molar-refractivity contribution in [2.75, 3.05) is 23.3 Å². The summed E-state index contributed by atoms with van der Waals surface area (Å²) in [5, 5.41) is 12.9. The van der Waals surface area contributed by atoms with Gasteiger partial charge in [-0.2, -0.15) is 5.26 Å². The Hall–Kier alpha value is -1.69. The fourth-order valence-corrected chi connectivity index (χ4v) is 3.21. The highest BCUT2D eigenvalue weighted by Gasteiger charge is 2.23. The van der Waals surface area contributed by atoms with Crippen LogP contribution in [0.15, 0.2) is 24.3 Å². The highest BCUT2D eigenvalue weighted by atomic mass is 15.1. The second kappa shape index (κ2) is 7.93. The molecule has 0 aromatic heterocycles. The van der Waals surface area contributed by atoms with E-state index >= 15 is 0 Å². The summed E-state index contributed by atoms with van der Waals surface area (Å²) in [4.78, 5) is 2.34. The summed E-state index contributed by atoms with van der Waals surface area (Å²) in [6.07, 6.45) is 5.82. The SMILES string of the molecule is CCN(CC)c1ccc(NC2CCCCCC2C#N)cc1. The van der Waals surface area contributed by atoms with Gasteiger partial charge in [0.25, 0.3) is 0 Å². The zero-order valence-corrected chi connectivity index (χ0v) is 13.3. The van der Waals surface area contributed by atoms with Gasteiger partial charge in [0.1, 0.15) is 0 Å². The lowest BCUT2D eigenvalue weighted by Gasteiger charge is -2.24. The molecule has 1 aromatic rings. The van der Waals surface area contributed by atoms with Crippen LogP contribution in [0.5, 0.6) is 0 Å². The van der Waals surface area contributed by atoms with Crippen LogP contribution in [0.4, 0.5) is 11.4 Å². The molecule has 0 saturated heterocycles. The molecule has 1 aliphatic rings. The average molecular weight is 285 g/mol. The topological polar surface area (TPSA) is 39.1 Å². The van der Waals surface area contributed by atoms with E-state index in [1.807, 2.05) is 0 Å². The van der Waals surface area contributed by atoms with E-state index in [1.54, 1.807) is 0 Å². The fraction of sp³-hybridized carbons (Fsp3) is 0.611. The summed E-state index contributed by atoms with van der Waals surface area (Å²) in [6, 6.07) is 11.4. The number of hydrogen-bond acceptors (Lipinski definition) is 3. The number of benzene rings is 1. The summed E-state index contributed by atoms with van der Waals surface area (Å²) >= 11 is 0. The number of anilines is 2. The first kappa shape index (κ1) is 15.7. The summed E-state index contributed by atoms with van der Waals surface area (Å²) in [5.74, 6) is 0.148. The maximum atomic E-state index is 9.35. The minimum atomic E-state index is 0.148. The van der Waals surface area contributed by atoms with Gasteiger partial charge < -0.3 is 10.2 Å². The van der Waals surface area contributed by atoms with Crippen LogP contribution in [0.1, 0.15) is 46.0 Å². The molecule has 2 unspecified atom stereocenters. The Morgan fingerprint density at radius 2 is 1.76 bits per heavy atom. The predicted molar refractivity (Wildman–Crippen MR) is 89.6 cm³/mol. The molecule has 1 N–H and O–H groups in total. The first-order chi connectivity index (χ1) is 10.3. The van der Waals surface area contributed by atoms with Crippen LogP contribution in [0.3, 0.4) is 0 Å². The van der Waals surface area contributed by atoms with E-state index in [4.69, 9.17) is 0 Å². The highest BCUT2D eigenvalue weighted by Crippen LogP contribution is 2.27. The lowest BCUT2D eigenvalue weighted by molar-refractivity contribution is 0.514. The van der Waals surface area contributed by atoms with Crippen molar-refractivity contribution >= 4 is 11.4 Å². The van der Waals surface area contributed by atoms with Gasteiger partial charge >= 0.3 is 0 Å². The Bertz CT molecular complexity index is 456. The van der Waals surface area contributed by atoms with Crippen LogP contribution >= 0.6 is 0 Å². The van der Waals surface area contributed by atoms with Crippen LogP contribution in [0.25, 0.3) is 0 Å². The molecule has 2 rings (SSSR count). The van der Waals surface area contributed by atoms with Crippen molar-refractivity contribution in [2.45, 2.75) is 52.0 Å². The van der Waals surface area contributed by atoms with Crippen LogP contribution in [0.2, 0.25) is 0 Å². The number of nitrogens with zero attached hydrogens (tertiary/aromatic N) is 2. The lowest BCUT2D eigenvalue weighted by Crippen LogP contribution is -2.27. The van der Waals surface area contributed by atoms with Crippen molar-refractivity contribution in [3.05, 3.63) is 24.3 Å². The van der Waals surface area contributed by atoms with Crippen molar-refractivity contribution < 1.29 is 0 Å². The Labute approximate surface area is 129 Å². The second-order valence-corrected chi connectivity index (χ2v) is 5.84. The number of nitrogens with one attached hydrogen (secondary N) is 1. The van der Waals surface area contributed by atoms with Crippen LogP contribution < -0.4 is 10.2 Å². The molecule has 2 atom stereocenters. The number of nitriles is 1. The van der Waals surface area contributed by atoms with E-state index in [0.717, 1.165) is 31.6 Å². The molecule has 0 radical (unpaired) electrons. The Kier molecular flexibility index (Phi) is 5.92. The monoisotopic (exact) mass is 285 g/mol. The molecule has 3 heteroatoms. The van der Waals surface area contributed by atoms with Gasteiger partial charge in [0.05, 0.1) is 12.0 Å². The lowest BCUT2D eigenvalue weighted by atomic mass is 9.96. The standard InChI is InChI=1S/C18H27N3/c1-3-21(4-2)17-12-10-16(11-13-17)20-18-9-7-5-6-8-15(18)14-19/h10-13,15,18,20H,3-9H2,1-2H3. The number of hydrogen-bond donors (Lipinski definition) is 1.